The summed E-state index contributed by atoms with van der Waals surface area (Å²) < 4.78 is 5.81. The molecule has 0 bridgehead atoms. The minimum Gasteiger partial charge on any atom is -0.492 e. The fourth-order valence-electron chi connectivity index (χ4n) is 3.79. The summed E-state index contributed by atoms with van der Waals surface area (Å²) in [5, 5.41) is 0. The first-order valence-electron chi connectivity index (χ1n) is 8.09. The van der Waals surface area contributed by atoms with E-state index in [4.69, 9.17) is 4.74 Å². The molecule has 1 aromatic carbocycles. The molecule has 3 atom stereocenters. The molecule has 1 fully saturated rings. The predicted molar refractivity (Wildman–Crippen MR) is 83.3 cm³/mol. The van der Waals surface area contributed by atoms with Crippen molar-refractivity contribution in [1.29, 1.82) is 0 Å². The summed E-state index contributed by atoms with van der Waals surface area (Å²) >= 11 is 0. The molecule has 3 heteroatoms. The molecule has 3 unspecified atom stereocenters. The second-order valence-corrected chi connectivity index (χ2v) is 6.79. The average Bonchev–Trinajstić information content (AvgIpc) is 2.64. The SMILES string of the molecule is CC1CC(=O)C(CN2CCOc3ccccc3C2)C(C)C1. The molecule has 1 aliphatic carbocycles. The monoisotopic (exact) mass is 287 g/mol. The molecule has 2 aliphatic rings. The number of hydrogen-bond donors (Lipinski definition) is 0. The van der Waals surface area contributed by atoms with Gasteiger partial charge >= 0.3 is 0 Å². The Kier molecular flexibility index (Phi) is 4.29. The number of nitrogens with zero attached hydrogens (tertiary/aromatic N) is 1. The lowest BCUT2D eigenvalue weighted by molar-refractivity contribution is -0.128. The van der Waals surface area contributed by atoms with Crippen molar-refractivity contribution in [1.82, 2.24) is 4.90 Å². The highest BCUT2D eigenvalue weighted by atomic mass is 16.5. The molecule has 1 saturated carbocycles. The van der Waals surface area contributed by atoms with Crippen LogP contribution in [-0.2, 0) is 11.3 Å². The summed E-state index contributed by atoms with van der Waals surface area (Å²) in [6.45, 7) is 7.82. The van der Waals surface area contributed by atoms with Gasteiger partial charge in [-0.25, -0.2) is 0 Å². The second-order valence-electron chi connectivity index (χ2n) is 6.79. The van der Waals surface area contributed by atoms with Gasteiger partial charge in [0.25, 0.3) is 0 Å². The van der Waals surface area contributed by atoms with Crippen molar-refractivity contribution in [3.05, 3.63) is 29.8 Å². The minimum absolute atomic E-state index is 0.200. The number of carbonyl (C=O) groups excluding carboxylic acids is 1. The fourth-order valence-corrected chi connectivity index (χ4v) is 3.79. The third kappa shape index (κ3) is 3.29. The number of fused-ring (bicyclic) bond motifs is 1. The number of hydrogen-bond acceptors (Lipinski definition) is 3. The van der Waals surface area contributed by atoms with Crippen LogP contribution < -0.4 is 4.74 Å². The van der Waals surface area contributed by atoms with E-state index in [1.807, 2.05) is 12.1 Å². The van der Waals surface area contributed by atoms with Crippen LogP contribution in [-0.4, -0.2) is 30.4 Å². The Morgan fingerprint density at radius 2 is 2.10 bits per heavy atom. The van der Waals surface area contributed by atoms with E-state index in [2.05, 4.69) is 30.9 Å². The van der Waals surface area contributed by atoms with E-state index in [-0.39, 0.29) is 5.92 Å². The maximum absolute atomic E-state index is 12.4. The maximum Gasteiger partial charge on any atom is 0.137 e. The minimum atomic E-state index is 0.200. The summed E-state index contributed by atoms with van der Waals surface area (Å²) in [6.07, 6.45) is 1.94. The maximum atomic E-state index is 12.4. The second kappa shape index (κ2) is 6.18. The van der Waals surface area contributed by atoms with Gasteiger partial charge in [-0.15, -0.1) is 0 Å². The summed E-state index contributed by atoms with van der Waals surface area (Å²) in [7, 11) is 0. The van der Waals surface area contributed by atoms with Crippen LogP contribution in [0.3, 0.4) is 0 Å². The van der Waals surface area contributed by atoms with Gasteiger partial charge in [0.2, 0.25) is 0 Å². The smallest absolute Gasteiger partial charge is 0.137 e. The standard InChI is InChI=1S/C18H25NO2/c1-13-9-14(2)16(17(20)10-13)12-19-7-8-21-18-6-4-3-5-15(18)11-19/h3-6,13-14,16H,7-12H2,1-2H3. The van der Waals surface area contributed by atoms with E-state index in [0.717, 1.165) is 31.8 Å². The summed E-state index contributed by atoms with van der Waals surface area (Å²) in [6, 6.07) is 8.24. The highest BCUT2D eigenvalue weighted by Crippen LogP contribution is 2.32. The van der Waals surface area contributed by atoms with Gasteiger partial charge in [0, 0.05) is 37.5 Å². The number of rotatable bonds is 2. The van der Waals surface area contributed by atoms with Gasteiger partial charge in [-0.1, -0.05) is 32.0 Å². The highest BCUT2D eigenvalue weighted by Gasteiger charge is 2.33. The van der Waals surface area contributed by atoms with Gasteiger partial charge in [-0.3, -0.25) is 9.69 Å². The Morgan fingerprint density at radius 1 is 1.29 bits per heavy atom. The van der Waals surface area contributed by atoms with Crippen LogP contribution in [0, 0.1) is 17.8 Å². The van der Waals surface area contributed by atoms with Gasteiger partial charge in [0.05, 0.1) is 0 Å². The predicted octanol–water partition coefficient (Wildman–Crippen LogP) is 3.13. The first-order valence-corrected chi connectivity index (χ1v) is 8.09. The Bertz CT molecular complexity index is 514. The van der Waals surface area contributed by atoms with E-state index in [9.17, 15) is 4.79 Å². The average molecular weight is 287 g/mol. The number of para-hydroxylation sites is 1. The van der Waals surface area contributed by atoms with E-state index in [1.54, 1.807) is 0 Å². The van der Waals surface area contributed by atoms with E-state index in [1.165, 1.54) is 12.0 Å². The molecule has 0 spiro atoms. The number of ketones is 1. The zero-order valence-corrected chi connectivity index (χ0v) is 13.0. The van der Waals surface area contributed by atoms with E-state index < -0.39 is 0 Å². The molecule has 1 aliphatic heterocycles. The molecule has 3 rings (SSSR count). The number of carbonyl (C=O) groups is 1. The highest BCUT2D eigenvalue weighted by molar-refractivity contribution is 5.82. The quantitative estimate of drug-likeness (QED) is 0.837. The molecule has 1 heterocycles. The van der Waals surface area contributed by atoms with Crippen LogP contribution in [0.25, 0.3) is 0 Å². The van der Waals surface area contributed by atoms with Crippen LogP contribution in [0.15, 0.2) is 24.3 Å². The largest absolute Gasteiger partial charge is 0.492 e. The lowest BCUT2D eigenvalue weighted by Crippen LogP contribution is -2.40. The number of ether oxygens (including phenoxy) is 1. The van der Waals surface area contributed by atoms with Crippen molar-refractivity contribution in [2.75, 3.05) is 19.7 Å². The van der Waals surface area contributed by atoms with Gasteiger partial charge in [0.1, 0.15) is 18.1 Å². The molecule has 0 amide bonds. The van der Waals surface area contributed by atoms with Crippen LogP contribution in [0.1, 0.15) is 32.3 Å². The summed E-state index contributed by atoms with van der Waals surface area (Å²) in [5.74, 6) is 2.71. The Labute approximate surface area is 127 Å². The third-order valence-corrected chi connectivity index (χ3v) is 4.91. The molecular formula is C18H25NO2. The fraction of sp³-hybridized carbons (Fsp3) is 0.611. The Morgan fingerprint density at radius 3 is 2.90 bits per heavy atom. The normalized spacial score (nSPS) is 30.4. The van der Waals surface area contributed by atoms with Crippen LogP contribution >= 0.6 is 0 Å². The number of Topliss-reactive ketones (excluding diaryl/α,β-unsaturated/α-hetero) is 1. The molecule has 1 aromatic rings. The zero-order chi connectivity index (χ0) is 14.8. The van der Waals surface area contributed by atoms with Crippen molar-refractivity contribution in [3.63, 3.8) is 0 Å². The van der Waals surface area contributed by atoms with Crippen molar-refractivity contribution in [2.45, 2.75) is 33.2 Å². The molecular weight excluding hydrogens is 262 g/mol. The third-order valence-electron chi connectivity index (χ3n) is 4.91. The van der Waals surface area contributed by atoms with Crippen LogP contribution in [0.5, 0.6) is 5.75 Å². The molecule has 21 heavy (non-hydrogen) atoms. The lowest BCUT2D eigenvalue weighted by atomic mass is 9.74. The zero-order valence-electron chi connectivity index (χ0n) is 13.0. The van der Waals surface area contributed by atoms with Gasteiger partial charge in [-0.05, 0) is 24.3 Å². The Hall–Kier alpha value is -1.35. The lowest BCUT2D eigenvalue weighted by Gasteiger charge is -2.34. The summed E-state index contributed by atoms with van der Waals surface area (Å²) in [5.41, 5.74) is 1.24. The first kappa shape index (κ1) is 14.6. The molecule has 0 radical (unpaired) electrons. The number of benzene rings is 1. The summed E-state index contributed by atoms with van der Waals surface area (Å²) in [4.78, 5) is 14.8. The first-order chi connectivity index (χ1) is 10.1. The molecule has 0 N–H and O–H groups in total. The molecule has 0 saturated heterocycles. The van der Waals surface area contributed by atoms with E-state index in [0.29, 0.717) is 24.2 Å². The van der Waals surface area contributed by atoms with Crippen LogP contribution in [0.4, 0.5) is 0 Å². The van der Waals surface area contributed by atoms with Crippen LogP contribution in [0.2, 0.25) is 0 Å². The topological polar surface area (TPSA) is 29.5 Å². The van der Waals surface area contributed by atoms with Gasteiger partial charge < -0.3 is 4.74 Å². The van der Waals surface area contributed by atoms with Crippen molar-refractivity contribution in [2.24, 2.45) is 17.8 Å². The molecule has 3 nitrogen and oxygen atoms in total. The van der Waals surface area contributed by atoms with Gasteiger partial charge in [-0.2, -0.15) is 0 Å². The Balaban J connectivity index is 1.69. The molecule has 0 aromatic heterocycles. The van der Waals surface area contributed by atoms with Crippen molar-refractivity contribution in [3.8, 4) is 5.75 Å². The molecule has 114 valence electrons. The van der Waals surface area contributed by atoms with Crippen molar-refractivity contribution < 1.29 is 9.53 Å². The van der Waals surface area contributed by atoms with Gasteiger partial charge in [0.15, 0.2) is 0 Å². The van der Waals surface area contributed by atoms with Crippen molar-refractivity contribution >= 4 is 5.78 Å². The van der Waals surface area contributed by atoms with E-state index >= 15 is 0 Å².